The van der Waals surface area contributed by atoms with Gasteiger partial charge in [0.1, 0.15) is 34.7 Å². The SMILES string of the molecule is CC(C)c1ccccc1C1CC(Oc2ccccc2)CCN1C1CC2(CCN(c3ccc(C(=O)NS(=O)(=O)c4ccc(NCC5CCC(C)(O)CC5)c([N+](=O)[O-])c4)c(Oc4cnc5[nH]ccc5c4)c3)CC2)C1. The van der Waals surface area contributed by atoms with Gasteiger partial charge in [0.2, 0.25) is 0 Å². The first-order valence-corrected chi connectivity index (χ1v) is 27.0. The van der Waals surface area contributed by atoms with Crippen LogP contribution in [0, 0.1) is 21.4 Å². The third kappa shape index (κ3) is 10.7. The number of H-pyrrole nitrogens is 1. The lowest BCUT2D eigenvalue weighted by atomic mass is 9.59. The molecule has 16 heteroatoms. The number of rotatable bonds is 15. The number of likely N-dealkylation sites (tertiary alicyclic amines) is 1. The van der Waals surface area contributed by atoms with Crippen molar-refractivity contribution in [2.75, 3.05) is 36.4 Å². The monoisotopic (exact) mass is 995 g/mol. The summed E-state index contributed by atoms with van der Waals surface area (Å²) in [6.07, 6.45) is 12.5. The Morgan fingerprint density at radius 3 is 2.42 bits per heavy atom. The lowest BCUT2D eigenvalue weighted by molar-refractivity contribution is -0.384. The number of carbonyl (C=O) groups is 1. The summed E-state index contributed by atoms with van der Waals surface area (Å²) in [5.41, 5.74) is 3.55. The predicted octanol–water partition coefficient (Wildman–Crippen LogP) is 10.9. The van der Waals surface area contributed by atoms with Gasteiger partial charge in [-0.2, -0.15) is 0 Å². The fraction of sp³-hybridized carbons (Fsp3) is 0.429. The van der Waals surface area contributed by atoms with Gasteiger partial charge in [0.15, 0.2) is 0 Å². The van der Waals surface area contributed by atoms with Gasteiger partial charge in [-0.05, 0) is 142 Å². The van der Waals surface area contributed by atoms with E-state index in [1.165, 1.54) is 23.3 Å². The summed E-state index contributed by atoms with van der Waals surface area (Å²) in [7, 11) is -4.59. The van der Waals surface area contributed by atoms with E-state index < -0.39 is 37.0 Å². The maximum Gasteiger partial charge on any atom is 0.293 e. The lowest BCUT2D eigenvalue weighted by Crippen LogP contribution is -2.57. The molecule has 0 radical (unpaired) electrons. The zero-order valence-corrected chi connectivity index (χ0v) is 42.1. The molecule has 2 saturated carbocycles. The molecule has 378 valence electrons. The van der Waals surface area contributed by atoms with Crippen molar-refractivity contribution in [1.82, 2.24) is 19.6 Å². The third-order valence-corrected chi connectivity index (χ3v) is 17.2. The summed E-state index contributed by atoms with van der Waals surface area (Å²) in [6, 6.07) is 32.2. The molecular formula is C56H65N7O8S. The highest BCUT2D eigenvalue weighted by Crippen LogP contribution is 2.54. The average molecular weight is 996 g/mol. The molecule has 6 aromatic rings. The van der Waals surface area contributed by atoms with Crippen LogP contribution < -0.4 is 24.4 Å². The highest BCUT2D eigenvalue weighted by Gasteiger charge is 2.50. The molecule has 15 nitrogen and oxygen atoms in total. The number of nitrogens with zero attached hydrogens (tertiary/aromatic N) is 4. The summed E-state index contributed by atoms with van der Waals surface area (Å²) in [5.74, 6) is 1.08. The van der Waals surface area contributed by atoms with Gasteiger partial charge >= 0.3 is 0 Å². The number of amides is 1. The molecule has 2 aliphatic heterocycles. The molecule has 4 fully saturated rings. The summed E-state index contributed by atoms with van der Waals surface area (Å²) in [4.78, 5) is 37.9. The minimum atomic E-state index is -4.59. The highest BCUT2D eigenvalue weighted by atomic mass is 32.2. The number of sulfonamides is 1. The van der Waals surface area contributed by atoms with Gasteiger partial charge in [0.05, 0.1) is 27.2 Å². The zero-order valence-electron chi connectivity index (χ0n) is 41.3. The van der Waals surface area contributed by atoms with Crippen LogP contribution in [-0.2, 0) is 10.0 Å². The standard InChI is InChI=1S/C56H65N7O8S/c1-37(2)46-11-7-8-12-47(46)50-31-43(70-42-9-5-4-6-10-42)20-26-62(50)41-33-56(34-41)23-27-61(28-24-56)40-13-15-48(52(30-40)71-44-29-39-19-25-57-53(39)59-36-44)54(64)60-72(68,69)45-14-16-49(51(32-45)63(66)67)58-35-38-17-21-55(3,65)22-18-38/h4-16,19,25,29-30,32,36-38,41,43,50,58,65H,17-18,20-24,26-28,31,33-35H2,1-3H3,(H,57,59)(H,60,64). The van der Waals surface area contributed by atoms with Gasteiger partial charge in [0, 0.05) is 74.1 Å². The van der Waals surface area contributed by atoms with Crippen molar-refractivity contribution in [2.24, 2.45) is 11.3 Å². The fourth-order valence-corrected chi connectivity index (χ4v) is 12.7. The maximum atomic E-state index is 14.1. The van der Waals surface area contributed by atoms with Gasteiger partial charge in [0.25, 0.3) is 21.6 Å². The molecule has 2 aliphatic carbocycles. The summed E-state index contributed by atoms with van der Waals surface area (Å²) < 4.78 is 42.8. The van der Waals surface area contributed by atoms with Crippen LogP contribution in [-0.4, -0.2) is 83.1 Å². The van der Waals surface area contributed by atoms with Crippen molar-refractivity contribution in [1.29, 1.82) is 0 Å². The number of anilines is 2. The number of nitro benzene ring substituents is 1. The molecule has 1 spiro atoms. The van der Waals surface area contributed by atoms with Crippen molar-refractivity contribution >= 4 is 44.0 Å². The van der Waals surface area contributed by atoms with E-state index in [9.17, 15) is 28.4 Å². The van der Waals surface area contributed by atoms with E-state index >= 15 is 0 Å². The van der Waals surface area contributed by atoms with Crippen molar-refractivity contribution in [3.63, 3.8) is 0 Å². The van der Waals surface area contributed by atoms with E-state index in [0.29, 0.717) is 42.7 Å². The molecule has 4 aliphatic rings. The Labute approximate surface area is 421 Å². The average Bonchev–Trinajstić information content (AvgIpc) is 3.84. The number of hydrogen-bond donors (Lipinski definition) is 4. The van der Waals surface area contributed by atoms with E-state index in [0.717, 1.165) is 93.9 Å². The number of para-hydroxylation sites is 1. The molecule has 4 heterocycles. The number of aromatic nitrogens is 2. The smallest absolute Gasteiger partial charge is 0.293 e. The number of nitro groups is 1. The molecule has 2 aromatic heterocycles. The van der Waals surface area contributed by atoms with Crippen LogP contribution in [0.2, 0.25) is 0 Å². The molecule has 1 amide bonds. The van der Waals surface area contributed by atoms with Gasteiger partial charge in [-0.1, -0.05) is 56.3 Å². The Kier molecular flexibility index (Phi) is 13.8. The van der Waals surface area contributed by atoms with E-state index in [1.54, 1.807) is 30.6 Å². The van der Waals surface area contributed by atoms with E-state index in [4.69, 9.17) is 9.47 Å². The Morgan fingerprint density at radius 1 is 0.917 bits per heavy atom. The number of benzene rings is 4. The van der Waals surface area contributed by atoms with Crippen LogP contribution >= 0.6 is 0 Å². The Bertz CT molecular complexity index is 3030. The number of pyridine rings is 1. The number of aliphatic hydroxyl groups is 1. The number of ether oxygens (including phenoxy) is 2. The van der Waals surface area contributed by atoms with Crippen LogP contribution in [0.1, 0.15) is 118 Å². The van der Waals surface area contributed by atoms with E-state index in [1.807, 2.05) is 49.4 Å². The summed E-state index contributed by atoms with van der Waals surface area (Å²) >= 11 is 0. The van der Waals surface area contributed by atoms with Crippen molar-refractivity contribution < 1.29 is 32.7 Å². The van der Waals surface area contributed by atoms with Crippen molar-refractivity contribution in [3.05, 3.63) is 142 Å². The minimum absolute atomic E-state index is 0.0300. The van der Waals surface area contributed by atoms with E-state index in [2.05, 4.69) is 67.9 Å². The zero-order chi connectivity index (χ0) is 50.2. The lowest BCUT2D eigenvalue weighted by Gasteiger charge is -2.58. The molecule has 2 atom stereocenters. The topological polar surface area (TPSA) is 192 Å². The van der Waals surface area contributed by atoms with Gasteiger partial charge in [-0.3, -0.25) is 19.8 Å². The third-order valence-electron chi connectivity index (χ3n) is 15.9. The van der Waals surface area contributed by atoms with Crippen LogP contribution in [0.25, 0.3) is 11.0 Å². The van der Waals surface area contributed by atoms with Crippen molar-refractivity contribution in [2.45, 2.75) is 120 Å². The quantitative estimate of drug-likeness (QED) is 0.0563. The van der Waals surface area contributed by atoms with Crippen LogP contribution in [0.4, 0.5) is 17.1 Å². The van der Waals surface area contributed by atoms with Crippen LogP contribution in [0.3, 0.4) is 0 Å². The summed E-state index contributed by atoms with van der Waals surface area (Å²) in [6.45, 7) is 9.40. The maximum absolute atomic E-state index is 14.1. The van der Waals surface area contributed by atoms with Gasteiger partial charge < -0.3 is 29.8 Å². The first-order chi connectivity index (χ1) is 34.6. The number of piperidine rings is 2. The van der Waals surface area contributed by atoms with Crippen LogP contribution in [0.15, 0.2) is 120 Å². The minimum Gasteiger partial charge on any atom is -0.490 e. The molecule has 2 unspecified atom stereocenters. The highest BCUT2D eigenvalue weighted by molar-refractivity contribution is 7.90. The molecule has 2 saturated heterocycles. The van der Waals surface area contributed by atoms with Crippen LogP contribution in [0.5, 0.6) is 17.2 Å². The number of carbonyl (C=O) groups excluding carboxylic acids is 1. The van der Waals surface area contributed by atoms with Gasteiger partial charge in [-0.15, -0.1) is 0 Å². The van der Waals surface area contributed by atoms with Gasteiger partial charge in [-0.25, -0.2) is 18.1 Å². The molecule has 10 rings (SSSR count). The Morgan fingerprint density at radius 2 is 1.67 bits per heavy atom. The molecule has 4 N–H and O–H groups in total. The molecule has 0 bridgehead atoms. The Hall–Kier alpha value is -6.49. The number of aromatic amines is 1. The number of nitrogens with one attached hydrogen (secondary N) is 3. The predicted molar refractivity (Wildman–Crippen MR) is 278 cm³/mol. The second-order valence-corrected chi connectivity index (χ2v) is 22.9. The Balaban J connectivity index is 0.833. The molecule has 72 heavy (non-hydrogen) atoms. The van der Waals surface area contributed by atoms with Crippen molar-refractivity contribution in [3.8, 4) is 17.2 Å². The first-order valence-electron chi connectivity index (χ1n) is 25.5. The first kappa shape index (κ1) is 49.1. The second kappa shape index (κ2) is 20.2. The largest absolute Gasteiger partial charge is 0.490 e. The molecular weight excluding hydrogens is 931 g/mol. The molecule has 4 aromatic carbocycles. The number of hydrogen-bond acceptors (Lipinski definition) is 12. The van der Waals surface area contributed by atoms with E-state index in [-0.39, 0.29) is 40.5 Å². The number of fused-ring (bicyclic) bond motifs is 1. The second-order valence-electron chi connectivity index (χ2n) is 21.2. The fourth-order valence-electron chi connectivity index (χ4n) is 11.7. The summed E-state index contributed by atoms with van der Waals surface area (Å²) in [5, 5.41) is 26.5. The normalized spacial score (nSPS) is 22.6.